The minimum absolute atomic E-state index is 0.0675. The molecule has 4 rings (SSSR count). The second-order valence-corrected chi connectivity index (χ2v) is 8.60. The molecule has 0 spiro atoms. The van der Waals surface area contributed by atoms with Crippen molar-refractivity contribution in [2.45, 2.75) is 39.5 Å². The van der Waals surface area contributed by atoms with Crippen LogP contribution in [0.5, 0.6) is 11.5 Å². The molecule has 0 aliphatic carbocycles. The molecule has 1 amide bonds. The second-order valence-electron chi connectivity index (χ2n) is 8.60. The van der Waals surface area contributed by atoms with Crippen molar-refractivity contribution in [2.75, 3.05) is 44.7 Å². The van der Waals surface area contributed by atoms with E-state index in [1.165, 1.54) is 5.56 Å². The number of ketones is 1. The van der Waals surface area contributed by atoms with Gasteiger partial charge in [-0.1, -0.05) is 24.3 Å². The van der Waals surface area contributed by atoms with Crippen molar-refractivity contribution in [1.82, 2.24) is 4.90 Å². The third-order valence-corrected chi connectivity index (χ3v) is 6.17. The first kappa shape index (κ1) is 24.0. The van der Waals surface area contributed by atoms with Gasteiger partial charge in [-0.05, 0) is 44.9 Å². The number of ether oxygens (including phenoxy) is 2. The molecule has 0 radical (unpaired) electrons. The Kier molecular flexibility index (Phi) is 7.95. The van der Waals surface area contributed by atoms with Gasteiger partial charge in [0.05, 0.1) is 24.6 Å². The first-order chi connectivity index (χ1) is 16.6. The molecule has 2 aromatic rings. The van der Waals surface area contributed by atoms with Crippen molar-refractivity contribution in [2.24, 2.45) is 4.99 Å². The number of hydrogen-bond acceptors (Lipinski definition) is 6. The Morgan fingerprint density at radius 3 is 2.32 bits per heavy atom. The highest BCUT2D eigenvalue weighted by Crippen LogP contribution is 2.36. The van der Waals surface area contributed by atoms with E-state index in [2.05, 4.69) is 39.5 Å². The van der Waals surface area contributed by atoms with Gasteiger partial charge in [-0.25, -0.2) is 0 Å². The highest BCUT2D eigenvalue weighted by atomic mass is 16.5. The summed E-state index contributed by atoms with van der Waals surface area (Å²) in [6, 6.07) is 12.1. The molecule has 180 valence electrons. The van der Waals surface area contributed by atoms with Gasteiger partial charge in [-0.3, -0.25) is 14.6 Å². The van der Waals surface area contributed by atoms with Crippen LogP contribution in [0, 0.1) is 0 Å². The zero-order chi connectivity index (χ0) is 23.9. The van der Waals surface area contributed by atoms with E-state index in [4.69, 9.17) is 9.47 Å². The number of piperidine rings is 1. The van der Waals surface area contributed by atoms with Crippen LogP contribution in [0.3, 0.4) is 0 Å². The van der Waals surface area contributed by atoms with Gasteiger partial charge in [0.1, 0.15) is 12.3 Å². The number of amides is 1. The van der Waals surface area contributed by atoms with Crippen molar-refractivity contribution in [3.8, 4) is 11.5 Å². The summed E-state index contributed by atoms with van der Waals surface area (Å²) < 4.78 is 11.6. The molecule has 34 heavy (non-hydrogen) atoms. The van der Waals surface area contributed by atoms with Crippen LogP contribution in [0.4, 0.5) is 5.69 Å². The standard InChI is InChI=1S/C27H33N3O4/c1-3-33-24-16-22-23(17-25(24)34-4-2)29-26(32)18-28-27(22)20-9-7-19(8-10-20)6-5-13-30-14-11-21(31)12-15-30/h7-10,16-17H,3-6,11-15,18H2,1-2H3,(H,29,32). The van der Waals surface area contributed by atoms with Gasteiger partial charge < -0.3 is 19.7 Å². The summed E-state index contributed by atoms with van der Waals surface area (Å²) >= 11 is 0. The molecule has 2 heterocycles. The minimum atomic E-state index is -0.154. The molecule has 1 N–H and O–H groups in total. The van der Waals surface area contributed by atoms with Crippen LogP contribution in [-0.2, 0) is 16.0 Å². The molecule has 0 atom stereocenters. The van der Waals surface area contributed by atoms with E-state index in [1.807, 2.05) is 26.0 Å². The highest BCUT2D eigenvalue weighted by molar-refractivity contribution is 6.19. The van der Waals surface area contributed by atoms with Gasteiger partial charge in [0, 0.05) is 43.1 Å². The number of nitrogens with one attached hydrogen (secondary N) is 1. The van der Waals surface area contributed by atoms with E-state index in [-0.39, 0.29) is 12.5 Å². The third kappa shape index (κ3) is 5.83. The first-order valence-electron chi connectivity index (χ1n) is 12.2. The number of likely N-dealkylation sites (tertiary alicyclic amines) is 1. The zero-order valence-electron chi connectivity index (χ0n) is 20.1. The Balaban J connectivity index is 1.50. The number of nitrogens with zero attached hydrogens (tertiary/aromatic N) is 2. The number of anilines is 1. The molecule has 0 unspecified atom stereocenters. The number of benzodiazepines with no additional fused rings is 1. The second kappa shape index (κ2) is 11.3. The Bertz CT molecular complexity index is 1050. The fourth-order valence-corrected chi connectivity index (χ4v) is 4.43. The summed E-state index contributed by atoms with van der Waals surface area (Å²) in [7, 11) is 0. The average Bonchev–Trinajstić information content (AvgIpc) is 2.99. The lowest BCUT2D eigenvalue weighted by atomic mass is 9.98. The number of fused-ring (bicyclic) bond motifs is 1. The number of rotatable bonds is 9. The molecular formula is C27H33N3O4. The minimum Gasteiger partial charge on any atom is -0.490 e. The average molecular weight is 464 g/mol. The number of benzene rings is 2. The molecule has 7 heteroatoms. The summed E-state index contributed by atoms with van der Waals surface area (Å²) in [4.78, 5) is 30.7. The number of Topliss-reactive ketones (excluding diaryl/α,β-unsaturated/α-hetero) is 1. The van der Waals surface area contributed by atoms with E-state index in [0.717, 1.165) is 49.3 Å². The maximum atomic E-state index is 12.3. The van der Waals surface area contributed by atoms with Crippen molar-refractivity contribution >= 4 is 23.1 Å². The number of carbonyl (C=O) groups is 2. The van der Waals surface area contributed by atoms with Gasteiger partial charge >= 0.3 is 0 Å². The van der Waals surface area contributed by atoms with E-state index in [1.54, 1.807) is 0 Å². The van der Waals surface area contributed by atoms with Crippen LogP contribution in [0.25, 0.3) is 0 Å². The summed E-state index contributed by atoms with van der Waals surface area (Å²) in [5, 5.41) is 2.95. The number of hydrogen-bond donors (Lipinski definition) is 1. The van der Waals surface area contributed by atoms with Crippen molar-refractivity contribution in [3.63, 3.8) is 0 Å². The number of aliphatic imine (C=N–C) groups is 1. The Labute approximate surface area is 201 Å². The van der Waals surface area contributed by atoms with Crippen LogP contribution in [-0.4, -0.2) is 61.7 Å². The van der Waals surface area contributed by atoms with Gasteiger partial charge in [0.2, 0.25) is 5.91 Å². The Morgan fingerprint density at radius 2 is 1.65 bits per heavy atom. The molecular weight excluding hydrogens is 430 g/mol. The van der Waals surface area contributed by atoms with Gasteiger partial charge in [-0.15, -0.1) is 0 Å². The van der Waals surface area contributed by atoms with E-state index >= 15 is 0 Å². The summed E-state index contributed by atoms with van der Waals surface area (Å²) in [6.07, 6.45) is 3.42. The molecule has 1 fully saturated rings. The zero-order valence-corrected chi connectivity index (χ0v) is 20.1. The van der Waals surface area contributed by atoms with Crippen LogP contribution in [0.15, 0.2) is 41.4 Å². The van der Waals surface area contributed by atoms with Crippen LogP contribution in [0.1, 0.15) is 49.8 Å². The smallest absolute Gasteiger partial charge is 0.246 e. The maximum Gasteiger partial charge on any atom is 0.246 e. The van der Waals surface area contributed by atoms with Crippen molar-refractivity contribution in [3.05, 3.63) is 53.1 Å². The maximum absolute atomic E-state index is 12.3. The van der Waals surface area contributed by atoms with Gasteiger partial charge in [-0.2, -0.15) is 0 Å². The SMILES string of the molecule is CCOc1cc2c(cc1OCC)C(c1ccc(CCCN3CCC(=O)CC3)cc1)=NCC(=O)N2. The third-order valence-electron chi connectivity index (χ3n) is 6.17. The summed E-state index contributed by atoms with van der Waals surface area (Å²) in [6.45, 7) is 7.73. The molecule has 7 nitrogen and oxygen atoms in total. The first-order valence-corrected chi connectivity index (χ1v) is 12.2. The van der Waals surface area contributed by atoms with E-state index in [9.17, 15) is 9.59 Å². The molecule has 2 aromatic carbocycles. The monoisotopic (exact) mass is 463 g/mol. The lowest BCUT2D eigenvalue weighted by Crippen LogP contribution is -2.34. The molecule has 2 aliphatic rings. The molecule has 0 saturated carbocycles. The van der Waals surface area contributed by atoms with Gasteiger partial charge in [0.15, 0.2) is 11.5 Å². The molecule has 0 aromatic heterocycles. The topological polar surface area (TPSA) is 80.2 Å². The summed E-state index contributed by atoms with van der Waals surface area (Å²) in [5.41, 5.74) is 4.49. The van der Waals surface area contributed by atoms with Crippen molar-refractivity contribution in [1.29, 1.82) is 0 Å². The van der Waals surface area contributed by atoms with E-state index in [0.29, 0.717) is 49.0 Å². The highest BCUT2D eigenvalue weighted by Gasteiger charge is 2.22. The quantitative estimate of drug-likeness (QED) is 0.611. The summed E-state index contributed by atoms with van der Waals surface area (Å²) in [5.74, 6) is 1.48. The lowest BCUT2D eigenvalue weighted by Gasteiger charge is -2.25. The van der Waals surface area contributed by atoms with Crippen LogP contribution < -0.4 is 14.8 Å². The number of aryl methyl sites for hydroxylation is 1. The van der Waals surface area contributed by atoms with Gasteiger partial charge in [0.25, 0.3) is 0 Å². The molecule has 2 aliphatic heterocycles. The fraction of sp³-hybridized carbons (Fsp3) is 0.444. The van der Waals surface area contributed by atoms with Crippen molar-refractivity contribution < 1.29 is 19.1 Å². The predicted molar refractivity (Wildman–Crippen MR) is 133 cm³/mol. The Morgan fingerprint density at radius 1 is 0.971 bits per heavy atom. The molecule has 1 saturated heterocycles. The Hall–Kier alpha value is -3.19. The number of carbonyl (C=O) groups excluding carboxylic acids is 2. The largest absolute Gasteiger partial charge is 0.490 e. The lowest BCUT2D eigenvalue weighted by molar-refractivity contribution is -0.121. The normalized spacial score (nSPS) is 16.4. The predicted octanol–water partition coefficient (Wildman–Crippen LogP) is 3.87. The fourth-order valence-electron chi connectivity index (χ4n) is 4.43. The van der Waals surface area contributed by atoms with Crippen LogP contribution in [0.2, 0.25) is 0 Å². The van der Waals surface area contributed by atoms with Crippen LogP contribution >= 0.6 is 0 Å². The van der Waals surface area contributed by atoms with E-state index < -0.39 is 0 Å². The molecule has 0 bridgehead atoms.